The number of amides is 1. The highest BCUT2D eigenvalue weighted by Gasteiger charge is 2.35. The predicted molar refractivity (Wildman–Crippen MR) is 89.1 cm³/mol. The van der Waals surface area contributed by atoms with Crippen molar-refractivity contribution in [3.8, 4) is 0 Å². The summed E-state index contributed by atoms with van der Waals surface area (Å²) in [5.74, 6) is 0.397. The third-order valence-electron chi connectivity index (χ3n) is 5.20. The Bertz CT molecular complexity index is 651. The lowest BCUT2D eigenvalue weighted by Crippen LogP contribution is -2.44. The first-order valence-electron chi connectivity index (χ1n) is 8.46. The summed E-state index contributed by atoms with van der Waals surface area (Å²) in [4.78, 5) is 12.6. The van der Waals surface area contributed by atoms with Crippen LogP contribution in [-0.2, 0) is 11.0 Å². The number of nitrogens with zero attached hydrogens (tertiary/aromatic N) is 1. The van der Waals surface area contributed by atoms with E-state index in [9.17, 15) is 18.0 Å². The van der Waals surface area contributed by atoms with Crippen molar-refractivity contribution in [1.82, 2.24) is 15.5 Å². The molecule has 0 radical (unpaired) electrons. The van der Waals surface area contributed by atoms with E-state index in [0.717, 1.165) is 43.9 Å². The van der Waals surface area contributed by atoms with Crippen molar-refractivity contribution in [2.24, 2.45) is 5.92 Å². The molecule has 4 nitrogen and oxygen atoms in total. The van der Waals surface area contributed by atoms with Gasteiger partial charge in [0.25, 0.3) is 0 Å². The van der Waals surface area contributed by atoms with E-state index in [2.05, 4.69) is 10.6 Å². The Morgan fingerprint density at radius 3 is 2.60 bits per heavy atom. The Kier molecular flexibility index (Phi) is 4.92. The van der Waals surface area contributed by atoms with Crippen LogP contribution in [0.1, 0.15) is 36.8 Å². The molecule has 1 amide bonds. The molecule has 1 aromatic rings. The summed E-state index contributed by atoms with van der Waals surface area (Å²) in [5.41, 5.74) is 0.691. The molecule has 2 N–H and O–H groups in total. The fourth-order valence-electron chi connectivity index (χ4n) is 3.82. The molecule has 1 aliphatic heterocycles. The standard InChI is InChI=1S/C18H22F3N3O/c1-24-16(13-3-2-4-14(9-13)18(19,20)21)10-22-17(24)12-5-7-15(8-6-12)23-11-25/h2-4,9-12,15,17,22H,5-8H2,1H3,(H,23,25). The van der Waals surface area contributed by atoms with Crippen LogP contribution in [0.3, 0.4) is 0 Å². The lowest BCUT2D eigenvalue weighted by molar-refractivity contribution is -0.137. The molecule has 1 unspecified atom stereocenters. The second-order valence-corrected chi connectivity index (χ2v) is 6.73. The van der Waals surface area contributed by atoms with Gasteiger partial charge in [-0.2, -0.15) is 13.2 Å². The highest BCUT2D eigenvalue weighted by atomic mass is 19.4. The molecule has 0 aromatic heterocycles. The highest BCUT2D eigenvalue weighted by Crippen LogP contribution is 2.36. The molecule has 1 fully saturated rings. The third-order valence-corrected chi connectivity index (χ3v) is 5.20. The van der Waals surface area contributed by atoms with Crippen LogP contribution < -0.4 is 10.6 Å². The molecule has 1 atom stereocenters. The van der Waals surface area contributed by atoms with Crippen LogP contribution in [0.5, 0.6) is 0 Å². The van der Waals surface area contributed by atoms with Crippen molar-refractivity contribution < 1.29 is 18.0 Å². The molecule has 1 aliphatic carbocycles. The van der Waals surface area contributed by atoms with Crippen molar-refractivity contribution in [3.63, 3.8) is 0 Å². The minimum absolute atomic E-state index is 0.0710. The number of alkyl halides is 3. The lowest BCUT2D eigenvalue weighted by atomic mass is 9.84. The average molecular weight is 353 g/mol. The van der Waals surface area contributed by atoms with Crippen molar-refractivity contribution >= 4 is 12.1 Å². The summed E-state index contributed by atoms with van der Waals surface area (Å²) in [6.07, 6.45) is 2.07. The fraction of sp³-hybridized carbons (Fsp3) is 0.500. The molecule has 2 aliphatic rings. The van der Waals surface area contributed by atoms with Gasteiger partial charge in [-0.3, -0.25) is 4.79 Å². The number of nitrogens with one attached hydrogen (secondary N) is 2. The first-order chi connectivity index (χ1) is 11.9. The zero-order chi connectivity index (χ0) is 18.0. The van der Waals surface area contributed by atoms with E-state index in [-0.39, 0.29) is 12.2 Å². The molecule has 1 aromatic carbocycles. The number of carbonyl (C=O) groups is 1. The van der Waals surface area contributed by atoms with Crippen molar-refractivity contribution in [2.75, 3.05) is 7.05 Å². The van der Waals surface area contributed by atoms with Gasteiger partial charge in [-0.15, -0.1) is 0 Å². The maximum atomic E-state index is 12.9. The van der Waals surface area contributed by atoms with E-state index < -0.39 is 11.7 Å². The average Bonchev–Trinajstić information content (AvgIpc) is 2.97. The Morgan fingerprint density at radius 1 is 1.24 bits per heavy atom. The first-order valence-corrected chi connectivity index (χ1v) is 8.46. The molecular weight excluding hydrogens is 331 g/mol. The maximum Gasteiger partial charge on any atom is 0.416 e. The molecule has 0 spiro atoms. The third kappa shape index (κ3) is 3.75. The molecule has 7 heteroatoms. The lowest BCUT2D eigenvalue weighted by Gasteiger charge is -2.36. The van der Waals surface area contributed by atoms with Gasteiger partial charge in [0.05, 0.1) is 11.3 Å². The van der Waals surface area contributed by atoms with Crippen LogP contribution in [0.2, 0.25) is 0 Å². The molecule has 136 valence electrons. The van der Waals surface area contributed by atoms with Crippen LogP contribution in [-0.4, -0.2) is 30.6 Å². The van der Waals surface area contributed by atoms with Crippen LogP contribution in [0, 0.1) is 5.92 Å². The van der Waals surface area contributed by atoms with Crippen LogP contribution in [0.4, 0.5) is 13.2 Å². The summed E-state index contributed by atoms with van der Waals surface area (Å²) in [7, 11) is 1.91. The summed E-state index contributed by atoms with van der Waals surface area (Å²) in [6, 6.07) is 5.65. The van der Waals surface area contributed by atoms with Gasteiger partial charge in [0.2, 0.25) is 6.41 Å². The van der Waals surface area contributed by atoms with Crippen molar-refractivity contribution in [3.05, 3.63) is 41.6 Å². The Labute approximate surface area is 145 Å². The summed E-state index contributed by atoms with van der Waals surface area (Å²) < 4.78 is 38.8. The second kappa shape index (κ2) is 6.98. The quantitative estimate of drug-likeness (QED) is 0.818. The Morgan fingerprint density at radius 2 is 1.96 bits per heavy atom. The van der Waals surface area contributed by atoms with Gasteiger partial charge in [0.15, 0.2) is 0 Å². The predicted octanol–water partition coefficient (Wildman–Crippen LogP) is 3.17. The van der Waals surface area contributed by atoms with E-state index in [1.807, 2.05) is 11.9 Å². The second-order valence-electron chi connectivity index (χ2n) is 6.73. The van der Waals surface area contributed by atoms with E-state index in [1.54, 1.807) is 12.3 Å². The molecule has 1 heterocycles. The molecular formula is C18H22F3N3O. The zero-order valence-electron chi connectivity index (χ0n) is 14.0. The Hall–Kier alpha value is -2.18. The number of hydrogen-bond donors (Lipinski definition) is 2. The Balaban J connectivity index is 1.68. The van der Waals surface area contributed by atoms with Gasteiger partial charge in [-0.05, 0) is 49.3 Å². The van der Waals surface area contributed by atoms with Gasteiger partial charge < -0.3 is 15.5 Å². The smallest absolute Gasteiger partial charge is 0.369 e. The number of hydrogen-bond acceptors (Lipinski definition) is 3. The first kappa shape index (κ1) is 17.6. The topological polar surface area (TPSA) is 44.4 Å². The molecule has 25 heavy (non-hydrogen) atoms. The summed E-state index contributed by atoms with van der Waals surface area (Å²) in [6.45, 7) is 0. The van der Waals surface area contributed by atoms with Gasteiger partial charge in [-0.1, -0.05) is 12.1 Å². The number of halogens is 3. The minimum atomic E-state index is -4.34. The maximum absolute atomic E-state index is 12.9. The van der Waals surface area contributed by atoms with Gasteiger partial charge in [-0.25, -0.2) is 0 Å². The monoisotopic (exact) mass is 353 g/mol. The summed E-state index contributed by atoms with van der Waals surface area (Å²) in [5, 5.41) is 6.15. The van der Waals surface area contributed by atoms with Crippen LogP contribution in [0.15, 0.2) is 30.5 Å². The van der Waals surface area contributed by atoms with E-state index >= 15 is 0 Å². The molecule has 3 rings (SSSR count). The largest absolute Gasteiger partial charge is 0.416 e. The van der Waals surface area contributed by atoms with E-state index in [0.29, 0.717) is 11.5 Å². The van der Waals surface area contributed by atoms with Crippen molar-refractivity contribution in [2.45, 2.75) is 44.1 Å². The minimum Gasteiger partial charge on any atom is -0.369 e. The number of carbonyl (C=O) groups excluding carboxylic acids is 1. The van der Waals surface area contributed by atoms with Gasteiger partial charge in [0.1, 0.15) is 6.17 Å². The summed E-state index contributed by atoms with van der Waals surface area (Å²) >= 11 is 0. The zero-order valence-corrected chi connectivity index (χ0v) is 14.0. The normalized spacial score (nSPS) is 26.8. The number of benzene rings is 1. The van der Waals surface area contributed by atoms with Crippen molar-refractivity contribution in [1.29, 1.82) is 0 Å². The van der Waals surface area contributed by atoms with Crippen LogP contribution in [0.25, 0.3) is 5.70 Å². The number of rotatable bonds is 4. The van der Waals surface area contributed by atoms with Crippen LogP contribution >= 0.6 is 0 Å². The van der Waals surface area contributed by atoms with Gasteiger partial charge in [0, 0.05) is 19.3 Å². The molecule has 0 bridgehead atoms. The molecule has 0 saturated heterocycles. The SMILES string of the molecule is CN1C(c2cccc(C(F)(F)F)c2)=CNC1C1CCC(NC=O)CC1. The van der Waals surface area contributed by atoms with E-state index in [1.165, 1.54) is 12.1 Å². The highest BCUT2D eigenvalue weighted by molar-refractivity contribution is 5.66. The fourth-order valence-corrected chi connectivity index (χ4v) is 3.82. The molecule has 1 saturated carbocycles. The van der Waals surface area contributed by atoms with E-state index in [4.69, 9.17) is 0 Å². The van der Waals surface area contributed by atoms with Gasteiger partial charge >= 0.3 is 6.18 Å².